The van der Waals surface area contributed by atoms with Crippen LogP contribution in [0.5, 0.6) is 5.75 Å². The van der Waals surface area contributed by atoms with Gasteiger partial charge in [0.2, 0.25) is 0 Å². The number of hydrogen-bond donors (Lipinski definition) is 1. The Morgan fingerprint density at radius 2 is 2.11 bits per heavy atom. The monoisotopic (exact) mass is 250 g/mol. The van der Waals surface area contributed by atoms with E-state index in [-0.39, 0.29) is 6.29 Å². The van der Waals surface area contributed by atoms with Gasteiger partial charge in [-0.25, -0.2) is 4.79 Å². The van der Waals surface area contributed by atoms with Gasteiger partial charge in [0.05, 0.1) is 0 Å². The lowest BCUT2D eigenvalue weighted by Crippen LogP contribution is -2.19. The molecule has 0 aliphatic heterocycles. The standard InChI is InChI=1S/C14H18O4/c1-3-14(17-4-2)18-12-8-6-5-7-11(12)9-10-13(15)16/h5-10,14H,3-4H2,1-2H3,(H,15,16)/b10-9+. The van der Waals surface area contributed by atoms with E-state index >= 15 is 0 Å². The molecular formula is C14H18O4. The second kappa shape index (κ2) is 7.50. The summed E-state index contributed by atoms with van der Waals surface area (Å²) in [7, 11) is 0. The van der Waals surface area contributed by atoms with Crippen molar-refractivity contribution in [1.29, 1.82) is 0 Å². The van der Waals surface area contributed by atoms with Gasteiger partial charge in [-0.1, -0.05) is 25.1 Å². The van der Waals surface area contributed by atoms with Gasteiger partial charge in [0.25, 0.3) is 0 Å². The van der Waals surface area contributed by atoms with E-state index in [2.05, 4.69) is 0 Å². The molecule has 4 nitrogen and oxygen atoms in total. The maximum absolute atomic E-state index is 10.5. The number of rotatable bonds is 7. The van der Waals surface area contributed by atoms with Crippen molar-refractivity contribution in [2.45, 2.75) is 26.6 Å². The van der Waals surface area contributed by atoms with Gasteiger partial charge in [0.1, 0.15) is 5.75 Å². The van der Waals surface area contributed by atoms with Crippen molar-refractivity contribution in [2.24, 2.45) is 0 Å². The van der Waals surface area contributed by atoms with E-state index in [1.54, 1.807) is 12.1 Å². The summed E-state index contributed by atoms with van der Waals surface area (Å²) in [6, 6.07) is 7.26. The van der Waals surface area contributed by atoms with Crippen LogP contribution in [0.3, 0.4) is 0 Å². The Morgan fingerprint density at radius 3 is 2.72 bits per heavy atom. The van der Waals surface area contributed by atoms with E-state index in [0.29, 0.717) is 12.4 Å². The largest absolute Gasteiger partial charge is 0.478 e. The molecule has 1 aromatic carbocycles. The molecule has 1 rings (SSSR count). The first-order valence-electron chi connectivity index (χ1n) is 5.95. The lowest BCUT2D eigenvalue weighted by Gasteiger charge is -2.18. The van der Waals surface area contributed by atoms with Crippen LogP contribution in [-0.2, 0) is 9.53 Å². The van der Waals surface area contributed by atoms with Crippen molar-refractivity contribution in [1.82, 2.24) is 0 Å². The molecular weight excluding hydrogens is 232 g/mol. The summed E-state index contributed by atoms with van der Waals surface area (Å²) in [5.41, 5.74) is 0.720. The minimum absolute atomic E-state index is 0.311. The summed E-state index contributed by atoms with van der Waals surface area (Å²) in [6.07, 6.45) is 3.01. The van der Waals surface area contributed by atoms with Crippen molar-refractivity contribution in [3.05, 3.63) is 35.9 Å². The van der Waals surface area contributed by atoms with E-state index in [1.807, 2.05) is 26.0 Å². The number of carbonyl (C=O) groups is 1. The Bertz CT molecular complexity index is 412. The molecule has 1 N–H and O–H groups in total. The highest BCUT2D eigenvalue weighted by atomic mass is 16.7. The highest BCUT2D eigenvalue weighted by Gasteiger charge is 2.09. The lowest BCUT2D eigenvalue weighted by atomic mass is 10.2. The van der Waals surface area contributed by atoms with E-state index in [0.717, 1.165) is 18.1 Å². The van der Waals surface area contributed by atoms with Gasteiger partial charge in [-0.05, 0) is 19.1 Å². The van der Waals surface area contributed by atoms with Gasteiger partial charge in [-0.15, -0.1) is 0 Å². The van der Waals surface area contributed by atoms with Crippen molar-refractivity contribution >= 4 is 12.0 Å². The molecule has 4 heteroatoms. The SMILES string of the molecule is CCOC(CC)Oc1ccccc1/C=C/C(=O)O. The van der Waals surface area contributed by atoms with Gasteiger partial charge < -0.3 is 14.6 Å². The fraction of sp³-hybridized carbons (Fsp3) is 0.357. The van der Waals surface area contributed by atoms with Crippen LogP contribution < -0.4 is 4.74 Å². The maximum atomic E-state index is 10.5. The third-order valence-corrected chi connectivity index (χ3v) is 2.27. The average Bonchev–Trinajstić information content (AvgIpc) is 2.37. The van der Waals surface area contributed by atoms with Gasteiger partial charge in [-0.3, -0.25) is 0 Å². The van der Waals surface area contributed by atoms with Crippen LogP contribution in [0.15, 0.2) is 30.3 Å². The van der Waals surface area contributed by atoms with Crippen LogP contribution in [-0.4, -0.2) is 24.0 Å². The van der Waals surface area contributed by atoms with Crippen LogP contribution >= 0.6 is 0 Å². The first-order valence-corrected chi connectivity index (χ1v) is 5.95. The molecule has 0 amide bonds. The predicted octanol–water partition coefficient (Wildman–Crippen LogP) is 2.94. The molecule has 0 fully saturated rings. The molecule has 0 heterocycles. The number of hydrogen-bond acceptors (Lipinski definition) is 3. The summed E-state index contributed by atoms with van der Waals surface area (Å²) in [5, 5.41) is 8.63. The quantitative estimate of drug-likeness (QED) is 0.597. The van der Waals surface area contributed by atoms with Crippen molar-refractivity contribution in [3.63, 3.8) is 0 Å². The lowest BCUT2D eigenvalue weighted by molar-refractivity contribution is -0.131. The zero-order chi connectivity index (χ0) is 13.4. The van der Waals surface area contributed by atoms with Crippen molar-refractivity contribution in [2.75, 3.05) is 6.61 Å². The van der Waals surface area contributed by atoms with Gasteiger partial charge in [0.15, 0.2) is 6.29 Å². The molecule has 0 spiro atoms. The van der Waals surface area contributed by atoms with Crippen molar-refractivity contribution < 1.29 is 19.4 Å². The van der Waals surface area contributed by atoms with Crippen LogP contribution in [0.25, 0.3) is 6.08 Å². The van der Waals surface area contributed by atoms with Crippen LogP contribution in [0.1, 0.15) is 25.8 Å². The maximum Gasteiger partial charge on any atom is 0.328 e. The smallest absolute Gasteiger partial charge is 0.328 e. The predicted molar refractivity (Wildman–Crippen MR) is 69.4 cm³/mol. The molecule has 0 saturated carbocycles. The Labute approximate surface area is 107 Å². The normalized spacial score (nSPS) is 12.6. The molecule has 1 unspecified atom stereocenters. The second-order valence-electron chi connectivity index (χ2n) is 3.62. The van der Waals surface area contributed by atoms with E-state index in [4.69, 9.17) is 14.6 Å². The first kappa shape index (κ1) is 14.3. The van der Waals surface area contributed by atoms with Crippen molar-refractivity contribution in [3.8, 4) is 5.75 Å². The third kappa shape index (κ3) is 4.59. The fourth-order valence-corrected chi connectivity index (χ4v) is 1.45. The molecule has 0 bridgehead atoms. The topological polar surface area (TPSA) is 55.8 Å². The number of carboxylic acid groups (broad SMARTS) is 1. The van der Waals surface area contributed by atoms with E-state index in [1.165, 1.54) is 6.08 Å². The number of benzene rings is 1. The Hall–Kier alpha value is -1.81. The molecule has 1 atom stereocenters. The number of aliphatic carboxylic acids is 1. The Balaban J connectivity index is 2.84. The first-order chi connectivity index (χ1) is 8.67. The summed E-state index contributed by atoms with van der Waals surface area (Å²) >= 11 is 0. The van der Waals surface area contributed by atoms with Gasteiger partial charge in [0, 0.05) is 24.7 Å². The zero-order valence-corrected chi connectivity index (χ0v) is 10.6. The summed E-state index contributed by atoms with van der Waals surface area (Å²) in [6.45, 7) is 4.45. The molecule has 0 radical (unpaired) electrons. The minimum Gasteiger partial charge on any atom is -0.478 e. The molecule has 0 aliphatic rings. The summed E-state index contributed by atoms with van der Waals surface area (Å²) in [5.74, 6) is -0.364. The van der Waals surface area contributed by atoms with Gasteiger partial charge in [-0.2, -0.15) is 0 Å². The molecule has 0 aliphatic carbocycles. The third-order valence-electron chi connectivity index (χ3n) is 2.27. The molecule has 0 aromatic heterocycles. The summed E-state index contributed by atoms with van der Waals surface area (Å²) in [4.78, 5) is 10.5. The van der Waals surface area contributed by atoms with Crippen LogP contribution in [0, 0.1) is 0 Å². The van der Waals surface area contributed by atoms with E-state index < -0.39 is 5.97 Å². The second-order valence-corrected chi connectivity index (χ2v) is 3.62. The highest BCUT2D eigenvalue weighted by Crippen LogP contribution is 2.21. The van der Waals surface area contributed by atoms with Crippen LogP contribution in [0.4, 0.5) is 0 Å². The fourth-order valence-electron chi connectivity index (χ4n) is 1.45. The Kier molecular flexibility index (Phi) is 5.94. The zero-order valence-electron chi connectivity index (χ0n) is 10.6. The number of ether oxygens (including phenoxy) is 2. The molecule has 0 saturated heterocycles. The number of para-hydroxylation sites is 1. The van der Waals surface area contributed by atoms with E-state index in [9.17, 15) is 4.79 Å². The highest BCUT2D eigenvalue weighted by molar-refractivity contribution is 5.85. The minimum atomic E-state index is -0.985. The van der Waals surface area contributed by atoms with Gasteiger partial charge >= 0.3 is 5.97 Å². The number of carboxylic acids is 1. The molecule has 18 heavy (non-hydrogen) atoms. The molecule has 98 valence electrons. The Morgan fingerprint density at radius 1 is 1.39 bits per heavy atom. The van der Waals surface area contributed by atoms with Crippen LogP contribution in [0.2, 0.25) is 0 Å². The molecule has 1 aromatic rings. The average molecular weight is 250 g/mol. The summed E-state index contributed by atoms with van der Waals surface area (Å²) < 4.78 is 11.1.